The second kappa shape index (κ2) is 7.87. The highest BCUT2D eigenvalue weighted by molar-refractivity contribution is 7.97. The first-order valence-electron chi connectivity index (χ1n) is 9.57. The van der Waals surface area contributed by atoms with E-state index < -0.39 is 0 Å². The minimum Gasteiger partial charge on any atom is -0.379 e. The van der Waals surface area contributed by atoms with Crippen LogP contribution in [0.5, 0.6) is 0 Å². The molecular weight excluding hydrogens is 346 g/mol. The van der Waals surface area contributed by atoms with Gasteiger partial charge in [-0.1, -0.05) is 6.07 Å². The van der Waals surface area contributed by atoms with Gasteiger partial charge in [0.25, 0.3) is 0 Å². The maximum absolute atomic E-state index is 9.13. The lowest BCUT2D eigenvalue weighted by atomic mass is 9.88. The van der Waals surface area contributed by atoms with Gasteiger partial charge < -0.3 is 9.47 Å². The third-order valence-electron chi connectivity index (χ3n) is 5.93. The molecule has 0 aliphatic carbocycles. The number of nitrogens with zero attached hydrogens (tertiary/aromatic N) is 3. The van der Waals surface area contributed by atoms with Crippen molar-refractivity contribution in [2.24, 2.45) is 0 Å². The number of benzene rings is 1. The average Bonchev–Trinajstić information content (AvgIpc) is 3.10. The highest BCUT2D eigenvalue weighted by atomic mass is 32.2. The molecule has 0 N–H and O–H groups in total. The summed E-state index contributed by atoms with van der Waals surface area (Å²) in [5.74, 6) is 0. The summed E-state index contributed by atoms with van der Waals surface area (Å²) in [7, 11) is 0. The van der Waals surface area contributed by atoms with Crippen LogP contribution in [0.3, 0.4) is 0 Å². The molecule has 0 radical (unpaired) electrons. The normalized spacial score (nSPS) is 26.8. The van der Waals surface area contributed by atoms with Crippen molar-refractivity contribution in [1.82, 2.24) is 9.21 Å². The van der Waals surface area contributed by atoms with Gasteiger partial charge in [-0.2, -0.15) is 5.26 Å². The fourth-order valence-corrected chi connectivity index (χ4v) is 5.27. The summed E-state index contributed by atoms with van der Waals surface area (Å²) in [4.78, 5) is 3.74. The molecule has 5 nitrogen and oxygen atoms in total. The van der Waals surface area contributed by atoms with E-state index in [1.54, 1.807) is 11.9 Å². The molecular formula is C20H27N3O2S. The van der Waals surface area contributed by atoms with Crippen molar-refractivity contribution in [2.45, 2.75) is 42.7 Å². The van der Waals surface area contributed by atoms with E-state index in [0.29, 0.717) is 6.04 Å². The molecule has 0 saturated carbocycles. The van der Waals surface area contributed by atoms with E-state index in [9.17, 15) is 0 Å². The fraction of sp³-hybridized carbons (Fsp3) is 0.650. The van der Waals surface area contributed by atoms with Crippen LogP contribution in [0, 0.1) is 18.3 Å². The molecule has 3 heterocycles. The van der Waals surface area contributed by atoms with Gasteiger partial charge in [-0.15, -0.1) is 0 Å². The van der Waals surface area contributed by atoms with E-state index in [0.717, 1.165) is 70.8 Å². The average molecular weight is 374 g/mol. The Hall–Kier alpha value is -1.10. The molecule has 3 saturated heterocycles. The number of aryl methyl sites for hydroxylation is 1. The summed E-state index contributed by atoms with van der Waals surface area (Å²) in [6.07, 6.45) is 3.35. The monoisotopic (exact) mass is 373 g/mol. The molecule has 0 amide bonds. The summed E-state index contributed by atoms with van der Waals surface area (Å²) >= 11 is 1.79. The van der Waals surface area contributed by atoms with E-state index in [-0.39, 0.29) is 5.60 Å². The van der Waals surface area contributed by atoms with E-state index in [4.69, 9.17) is 14.7 Å². The van der Waals surface area contributed by atoms with Crippen molar-refractivity contribution in [3.63, 3.8) is 0 Å². The third kappa shape index (κ3) is 3.92. The predicted molar refractivity (Wildman–Crippen MR) is 102 cm³/mol. The molecule has 6 heteroatoms. The van der Waals surface area contributed by atoms with Crippen LogP contribution in [0.4, 0.5) is 0 Å². The van der Waals surface area contributed by atoms with Crippen LogP contribution >= 0.6 is 11.9 Å². The minimum absolute atomic E-state index is 0.0730. The zero-order valence-electron chi connectivity index (χ0n) is 15.4. The smallest absolute Gasteiger partial charge is 0.0992 e. The molecule has 3 aliphatic rings. The Labute approximate surface area is 160 Å². The van der Waals surface area contributed by atoms with Crippen LogP contribution in [0.1, 0.15) is 30.4 Å². The van der Waals surface area contributed by atoms with Crippen LogP contribution in [0.15, 0.2) is 23.1 Å². The molecule has 1 atom stereocenters. The van der Waals surface area contributed by atoms with Gasteiger partial charge in [-0.05, 0) is 55.8 Å². The molecule has 1 aromatic rings. The minimum atomic E-state index is 0.0730. The SMILES string of the molecule is Cc1ccc(C#N)cc1SN1CCC2(CC1)CC(N1CCOCC1)CO2. The quantitative estimate of drug-likeness (QED) is 0.760. The summed E-state index contributed by atoms with van der Waals surface area (Å²) in [6.45, 7) is 8.86. The number of hydrogen-bond acceptors (Lipinski definition) is 6. The summed E-state index contributed by atoms with van der Waals surface area (Å²) in [5.41, 5.74) is 2.04. The Balaban J connectivity index is 1.32. The first-order valence-corrected chi connectivity index (χ1v) is 10.3. The van der Waals surface area contributed by atoms with Crippen LogP contribution in [0.25, 0.3) is 0 Å². The van der Waals surface area contributed by atoms with E-state index in [1.165, 1.54) is 10.5 Å². The zero-order chi connectivity index (χ0) is 18.0. The summed E-state index contributed by atoms with van der Waals surface area (Å²) in [6, 6.07) is 8.74. The molecule has 0 bridgehead atoms. The van der Waals surface area contributed by atoms with Gasteiger partial charge in [0.05, 0.1) is 37.1 Å². The molecule has 140 valence electrons. The molecule has 0 aromatic heterocycles. The van der Waals surface area contributed by atoms with Gasteiger partial charge in [0.2, 0.25) is 0 Å². The third-order valence-corrected chi connectivity index (χ3v) is 7.19. The Morgan fingerprint density at radius 3 is 2.69 bits per heavy atom. The molecule has 3 fully saturated rings. The van der Waals surface area contributed by atoms with E-state index in [1.807, 2.05) is 18.2 Å². The first kappa shape index (κ1) is 18.3. The first-order chi connectivity index (χ1) is 12.7. The van der Waals surface area contributed by atoms with Gasteiger partial charge >= 0.3 is 0 Å². The zero-order valence-corrected chi connectivity index (χ0v) is 16.3. The highest BCUT2D eigenvalue weighted by Gasteiger charge is 2.44. The Morgan fingerprint density at radius 2 is 1.96 bits per heavy atom. The Morgan fingerprint density at radius 1 is 1.19 bits per heavy atom. The van der Waals surface area contributed by atoms with Gasteiger partial charge in [0.15, 0.2) is 0 Å². The van der Waals surface area contributed by atoms with Crippen molar-refractivity contribution >= 4 is 11.9 Å². The van der Waals surface area contributed by atoms with Gasteiger partial charge in [-0.3, -0.25) is 4.90 Å². The maximum Gasteiger partial charge on any atom is 0.0992 e. The Bertz CT molecular complexity index is 676. The van der Waals surface area contributed by atoms with E-state index in [2.05, 4.69) is 22.2 Å². The molecule has 1 aromatic carbocycles. The van der Waals surface area contributed by atoms with Crippen molar-refractivity contribution in [3.05, 3.63) is 29.3 Å². The second-order valence-corrected chi connectivity index (χ2v) is 8.75. The lowest BCUT2D eigenvalue weighted by Gasteiger charge is -2.38. The molecule has 3 aliphatic heterocycles. The lowest BCUT2D eigenvalue weighted by Crippen LogP contribution is -2.46. The van der Waals surface area contributed by atoms with Crippen LogP contribution in [-0.2, 0) is 9.47 Å². The molecule has 1 spiro atoms. The maximum atomic E-state index is 9.13. The second-order valence-electron chi connectivity index (χ2n) is 7.61. The van der Waals surface area contributed by atoms with Gasteiger partial charge in [-0.25, -0.2) is 4.31 Å². The molecule has 4 rings (SSSR count). The van der Waals surface area contributed by atoms with Crippen molar-refractivity contribution in [3.8, 4) is 6.07 Å². The predicted octanol–water partition coefficient (Wildman–Crippen LogP) is 2.83. The van der Waals surface area contributed by atoms with Crippen molar-refractivity contribution in [2.75, 3.05) is 46.0 Å². The van der Waals surface area contributed by atoms with Crippen molar-refractivity contribution < 1.29 is 9.47 Å². The van der Waals surface area contributed by atoms with Crippen LogP contribution in [0.2, 0.25) is 0 Å². The number of rotatable bonds is 3. The number of morpholine rings is 1. The van der Waals surface area contributed by atoms with Gasteiger partial charge in [0, 0.05) is 37.1 Å². The van der Waals surface area contributed by atoms with Crippen LogP contribution in [-0.4, -0.2) is 66.8 Å². The summed E-state index contributed by atoms with van der Waals surface area (Å²) < 4.78 is 14.3. The van der Waals surface area contributed by atoms with Gasteiger partial charge in [0.1, 0.15) is 0 Å². The summed E-state index contributed by atoms with van der Waals surface area (Å²) in [5, 5.41) is 9.13. The van der Waals surface area contributed by atoms with Crippen molar-refractivity contribution in [1.29, 1.82) is 5.26 Å². The topological polar surface area (TPSA) is 48.7 Å². The molecule has 26 heavy (non-hydrogen) atoms. The number of nitriles is 1. The largest absolute Gasteiger partial charge is 0.379 e. The lowest BCUT2D eigenvalue weighted by molar-refractivity contribution is -0.0317. The molecule has 1 unspecified atom stereocenters. The standard InChI is InChI=1S/C20H27N3O2S/c1-16-2-3-17(14-21)12-19(16)26-23-6-4-20(5-7-23)13-18(15-25-20)22-8-10-24-11-9-22/h2-3,12,18H,4-11,13,15H2,1H3. The fourth-order valence-electron chi connectivity index (χ4n) is 4.24. The highest BCUT2D eigenvalue weighted by Crippen LogP contribution is 2.40. The Kier molecular flexibility index (Phi) is 5.53. The number of ether oxygens (including phenoxy) is 2. The number of hydrogen-bond donors (Lipinski definition) is 0. The van der Waals surface area contributed by atoms with Crippen LogP contribution < -0.4 is 0 Å². The number of piperidine rings is 1. The van der Waals surface area contributed by atoms with E-state index >= 15 is 0 Å².